The average molecular weight is 939 g/mol. The molecule has 11 nitrogen and oxygen atoms in total. The van der Waals surface area contributed by atoms with E-state index < -0.39 is 63.5 Å². The molecule has 1 aromatic heterocycles. The molecule has 68 heavy (non-hydrogen) atoms. The van der Waals surface area contributed by atoms with E-state index in [0.717, 1.165) is 50.5 Å². The van der Waals surface area contributed by atoms with Gasteiger partial charge in [-0.25, -0.2) is 0 Å². The first kappa shape index (κ1) is 49.7. The number of esters is 1. The molecule has 5 fully saturated rings. The molecule has 11 heteroatoms. The Morgan fingerprint density at radius 1 is 0.956 bits per heavy atom. The van der Waals surface area contributed by atoms with Crippen molar-refractivity contribution in [2.75, 3.05) is 13.2 Å². The van der Waals surface area contributed by atoms with Crippen molar-refractivity contribution < 1.29 is 44.7 Å². The number of aliphatic hydroxyl groups excluding tert-OH is 3. The minimum Gasteiger partial charge on any atom is -0.465 e. The molecule has 0 unspecified atom stereocenters. The molecule has 0 bridgehead atoms. The lowest BCUT2D eigenvalue weighted by molar-refractivity contribution is -0.196. The first-order valence-electron chi connectivity index (χ1n) is 26.7. The topological polar surface area (TPSA) is 189 Å². The Hall–Kier alpha value is -3.27. The van der Waals surface area contributed by atoms with Gasteiger partial charge in [-0.3, -0.25) is 14.4 Å². The number of rotatable bonds is 9. The van der Waals surface area contributed by atoms with Gasteiger partial charge in [-0.1, -0.05) is 71.5 Å². The van der Waals surface area contributed by atoms with Crippen LogP contribution < -0.4 is 5.32 Å². The summed E-state index contributed by atoms with van der Waals surface area (Å²) < 4.78 is 5.91. The summed E-state index contributed by atoms with van der Waals surface area (Å²) in [5.74, 6) is 6.14. The van der Waals surface area contributed by atoms with Gasteiger partial charge >= 0.3 is 5.97 Å². The number of H-pyrrole nitrogens is 1. The summed E-state index contributed by atoms with van der Waals surface area (Å²) >= 11 is 0. The summed E-state index contributed by atoms with van der Waals surface area (Å²) in [7, 11) is 0. The number of cyclic esters (lactones) is 1. The first-order valence-corrected chi connectivity index (χ1v) is 26.7. The summed E-state index contributed by atoms with van der Waals surface area (Å²) in [5.41, 5.74) is -2.98. The van der Waals surface area contributed by atoms with Gasteiger partial charge in [0.1, 0.15) is 5.78 Å². The molecule has 1 saturated heterocycles. The van der Waals surface area contributed by atoms with Crippen molar-refractivity contribution in [2.24, 2.45) is 75.4 Å². The smallest absolute Gasteiger partial charge is 0.313 e. The van der Waals surface area contributed by atoms with E-state index >= 15 is 4.79 Å². The average Bonchev–Trinajstić information content (AvgIpc) is 4.00. The zero-order valence-corrected chi connectivity index (χ0v) is 42.0. The Kier molecular flexibility index (Phi) is 13.5. The van der Waals surface area contributed by atoms with Crippen LogP contribution in [-0.2, 0) is 19.1 Å². The molecule has 0 amide bonds. The Morgan fingerprint density at radius 3 is 2.44 bits per heavy atom. The second-order valence-electron chi connectivity index (χ2n) is 24.6. The van der Waals surface area contributed by atoms with Crippen LogP contribution in [0.3, 0.4) is 0 Å². The van der Waals surface area contributed by atoms with E-state index in [9.17, 15) is 35.1 Å². The second kappa shape index (κ2) is 18.4. The van der Waals surface area contributed by atoms with Crippen LogP contribution in [0.2, 0.25) is 0 Å². The molecule has 374 valence electrons. The standard InChI is InChI=1S/C57H82N2O9/c1-8-9-10-20-56-28-45(62)44(61)27-54(56,6)43-18-21-53(5)50-37(26-57(53,67)48(43)49(51(56)64)59-29-34(4)60)13-11-12-36(42-31-68-52(65)47(42)38-19-22-58-30-38)25-41-39(33(3)24-46(63)55(50,7)66)17-16-35-15-14-32(2)23-40(35)41/h16,19,22,30,32-33,36-37,39-47,50,58-59,61-63,66-67H,8-10,13-15,17-18,20-21,23-29,31H2,1-7H3/t32-,33+,36+,37-,39-,40-,41-,42-,43-,44-,45+,46+,47-,50-,53+,54+,55-,56-,57+/m0/s1. The minimum absolute atomic E-state index is 0.0324. The van der Waals surface area contributed by atoms with Gasteiger partial charge in [-0.05, 0) is 155 Å². The molecule has 7 N–H and O–H groups in total. The van der Waals surface area contributed by atoms with E-state index in [2.05, 4.69) is 55.9 Å². The van der Waals surface area contributed by atoms with Crippen molar-refractivity contribution in [3.8, 4) is 11.8 Å². The minimum atomic E-state index is -1.67. The number of nitrogens with one attached hydrogen (secondary N) is 2. The molecule has 0 radical (unpaired) electrons. The summed E-state index contributed by atoms with van der Waals surface area (Å²) in [5, 5.41) is 66.2. The van der Waals surface area contributed by atoms with E-state index in [1.807, 2.05) is 25.4 Å². The molecule has 1 aliphatic heterocycles. The maximum atomic E-state index is 15.7. The molecule has 4 saturated carbocycles. The Balaban J connectivity index is 1.18. The van der Waals surface area contributed by atoms with Crippen LogP contribution in [0, 0.1) is 87.3 Å². The maximum Gasteiger partial charge on any atom is 0.313 e. The quantitative estimate of drug-likeness (QED) is 0.0559. The molecular formula is C57H82N2O9. The summed E-state index contributed by atoms with van der Waals surface area (Å²) in [4.78, 5) is 45.3. The zero-order valence-electron chi connectivity index (χ0n) is 42.0. The number of carbonyl (C=O) groups excluding carboxylic acids is 3. The van der Waals surface area contributed by atoms with Gasteiger partial charge in [0, 0.05) is 47.4 Å². The van der Waals surface area contributed by atoms with Crippen LogP contribution in [0.5, 0.6) is 0 Å². The Bertz CT molecular complexity index is 2220. The predicted molar refractivity (Wildman–Crippen MR) is 259 cm³/mol. The van der Waals surface area contributed by atoms with Gasteiger partial charge in [-0.2, -0.15) is 0 Å². The fourth-order valence-corrected chi connectivity index (χ4v) is 17.2. The number of hydrogen-bond donors (Lipinski definition) is 7. The lowest BCUT2D eigenvalue weighted by Crippen LogP contribution is -2.68. The number of hydrogen-bond acceptors (Lipinski definition) is 10. The number of unbranched alkanes of at least 4 members (excludes halogenated alkanes) is 2. The summed E-state index contributed by atoms with van der Waals surface area (Å²) in [6.45, 7) is 14.2. The Morgan fingerprint density at radius 2 is 1.72 bits per heavy atom. The van der Waals surface area contributed by atoms with Crippen LogP contribution in [-0.4, -0.2) is 90.7 Å². The van der Waals surface area contributed by atoms with Crippen molar-refractivity contribution in [2.45, 2.75) is 187 Å². The molecule has 0 aromatic carbocycles. The number of Topliss-reactive ketones (excluding diaryl/α,β-unsaturated/α-hetero) is 2. The van der Waals surface area contributed by atoms with Crippen molar-refractivity contribution >= 4 is 17.5 Å². The fourth-order valence-electron chi connectivity index (χ4n) is 17.2. The highest BCUT2D eigenvalue weighted by atomic mass is 16.5. The third kappa shape index (κ3) is 7.83. The maximum absolute atomic E-state index is 15.7. The normalized spacial score (nSPS) is 46.9. The van der Waals surface area contributed by atoms with Crippen LogP contribution in [0.15, 0.2) is 41.4 Å². The molecule has 7 aliphatic carbocycles. The third-order valence-electron chi connectivity index (χ3n) is 20.7. The molecule has 19 atom stereocenters. The molecular weight excluding hydrogens is 857 g/mol. The van der Waals surface area contributed by atoms with Crippen molar-refractivity contribution in [3.63, 3.8) is 0 Å². The van der Waals surface area contributed by atoms with Crippen molar-refractivity contribution in [1.29, 1.82) is 0 Å². The third-order valence-corrected chi connectivity index (χ3v) is 20.7. The van der Waals surface area contributed by atoms with Crippen LogP contribution in [0.25, 0.3) is 0 Å². The van der Waals surface area contributed by atoms with Crippen LogP contribution >= 0.6 is 0 Å². The zero-order chi connectivity index (χ0) is 48.7. The van der Waals surface area contributed by atoms with Crippen LogP contribution in [0.4, 0.5) is 0 Å². The second-order valence-corrected chi connectivity index (χ2v) is 24.6. The monoisotopic (exact) mass is 939 g/mol. The molecule has 1 aromatic rings. The lowest BCUT2D eigenvalue weighted by atomic mass is 9.39. The highest BCUT2D eigenvalue weighted by Gasteiger charge is 2.75. The van der Waals surface area contributed by atoms with Gasteiger partial charge in [0.2, 0.25) is 0 Å². The van der Waals surface area contributed by atoms with Gasteiger partial charge in [-0.15, -0.1) is 5.92 Å². The number of aromatic amines is 1. The largest absolute Gasteiger partial charge is 0.465 e. The van der Waals surface area contributed by atoms with Gasteiger partial charge in [0.15, 0.2) is 5.78 Å². The molecule has 2 heterocycles. The number of ether oxygens (including phenoxy) is 1. The van der Waals surface area contributed by atoms with Gasteiger partial charge in [0.05, 0.1) is 54.3 Å². The Labute approximate surface area is 405 Å². The summed E-state index contributed by atoms with van der Waals surface area (Å²) in [6.07, 6.45) is 13.3. The van der Waals surface area contributed by atoms with E-state index in [0.29, 0.717) is 49.5 Å². The SMILES string of the molecule is CCCCC[C@@]12C[C@@H](O)[C@@H](O)C[C@]1(C)[C@H]1CC[C@]3(C)[C@@H]4[C@@H](CC#C[C@@H]([C@@H]5COC(=O)[C@H]5c5cc[nH]c5)C[C@H]5[C@@H](CC=C6CC[C@H](C)C[C@@H]65)[C@H](C)C[C@@H](O)[C@]4(C)O)C[C@@]3(O)C1=C(NCC(C)=O)C2=O. The highest BCUT2D eigenvalue weighted by Crippen LogP contribution is 2.73. The number of aliphatic hydroxyl groups is 5. The molecule has 9 rings (SSSR count). The summed E-state index contributed by atoms with van der Waals surface area (Å²) in [6, 6.07) is 1.96. The highest BCUT2D eigenvalue weighted by molar-refractivity contribution is 6.03. The van der Waals surface area contributed by atoms with E-state index in [-0.39, 0.29) is 91.2 Å². The number of ketones is 2. The number of fused-ring (bicyclic) bond motifs is 10. The predicted octanol–water partition coefficient (Wildman–Crippen LogP) is 7.71. The van der Waals surface area contributed by atoms with E-state index in [4.69, 9.17) is 4.74 Å². The van der Waals surface area contributed by atoms with Crippen molar-refractivity contribution in [3.05, 3.63) is 46.9 Å². The fraction of sp³-hybridized carbons (Fsp3) is 0.772. The van der Waals surface area contributed by atoms with Crippen LogP contribution in [0.1, 0.15) is 163 Å². The number of aromatic nitrogens is 1. The van der Waals surface area contributed by atoms with Crippen molar-refractivity contribution in [1.82, 2.24) is 10.3 Å². The van der Waals surface area contributed by atoms with E-state index in [1.165, 1.54) is 18.9 Å². The number of allylic oxidation sites excluding steroid dienone is 3. The first-order chi connectivity index (χ1) is 32.2. The molecule has 8 aliphatic rings. The lowest BCUT2D eigenvalue weighted by Gasteiger charge is -2.65. The number of carbonyl (C=O) groups is 3. The van der Waals surface area contributed by atoms with Gasteiger partial charge < -0.3 is 40.6 Å². The van der Waals surface area contributed by atoms with Gasteiger partial charge in [0.25, 0.3) is 0 Å². The van der Waals surface area contributed by atoms with E-state index in [1.54, 1.807) is 6.92 Å². The molecule has 0 spiro atoms.